The first kappa shape index (κ1) is 15.6. The van der Waals surface area contributed by atoms with E-state index in [0.29, 0.717) is 36.5 Å². The van der Waals surface area contributed by atoms with E-state index in [0.717, 1.165) is 0 Å². The fourth-order valence-electron chi connectivity index (χ4n) is 1.36. The molecule has 108 valence electrons. The molecule has 0 aromatic carbocycles. The van der Waals surface area contributed by atoms with Crippen LogP contribution >= 0.6 is 0 Å². The van der Waals surface area contributed by atoms with E-state index in [1.54, 1.807) is 12.1 Å². The summed E-state index contributed by atoms with van der Waals surface area (Å²) in [7, 11) is 0. The maximum atomic E-state index is 9.74. The number of nitrogens with zero attached hydrogens (tertiary/aromatic N) is 1. The Morgan fingerprint density at radius 2 is 2.00 bits per heavy atom. The lowest BCUT2D eigenvalue weighted by Gasteiger charge is -2.16. The number of anilines is 2. The van der Waals surface area contributed by atoms with Crippen LogP contribution in [0.5, 0.6) is 5.88 Å². The van der Waals surface area contributed by atoms with Crippen molar-refractivity contribution in [1.82, 2.24) is 4.98 Å². The van der Waals surface area contributed by atoms with E-state index in [2.05, 4.69) is 24.1 Å². The van der Waals surface area contributed by atoms with Gasteiger partial charge in [0, 0.05) is 6.54 Å². The summed E-state index contributed by atoms with van der Waals surface area (Å²) in [5.74, 6) is 1.73. The number of hydrogen-bond acceptors (Lipinski definition) is 5. The highest BCUT2D eigenvalue weighted by Gasteiger charge is 2.10. The molecule has 0 fully saturated rings. The van der Waals surface area contributed by atoms with Gasteiger partial charge in [-0.15, -0.1) is 0 Å². The molecule has 0 amide bonds. The number of aromatic nitrogens is 1. The molecule has 1 heterocycles. The molecule has 1 aromatic heterocycles. The van der Waals surface area contributed by atoms with Crippen molar-refractivity contribution in [3.8, 4) is 5.88 Å². The first-order chi connectivity index (χ1) is 8.90. The molecule has 1 unspecified atom stereocenters. The quantitative estimate of drug-likeness (QED) is 0.705. The zero-order valence-electron chi connectivity index (χ0n) is 12.2. The number of nitrogens with one attached hydrogen (secondary N) is 1. The summed E-state index contributed by atoms with van der Waals surface area (Å²) >= 11 is 0. The van der Waals surface area contributed by atoms with E-state index in [4.69, 9.17) is 10.5 Å². The fraction of sp³-hybridized carbons (Fsp3) is 0.643. The Bertz CT molecular complexity index is 394. The van der Waals surface area contributed by atoms with Crippen LogP contribution in [0.25, 0.3) is 0 Å². The number of aliphatic hydroxyl groups excluding tert-OH is 1. The SMILES string of the molecule is CC(C)COc1nc(NCC(O)C(C)C)ccc1N. The zero-order valence-corrected chi connectivity index (χ0v) is 12.2. The second-order valence-electron chi connectivity index (χ2n) is 5.49. The Morgan fingerprint density at radius 3 is 2.58 bits per heavy atom. The van der Waals surface area contributed by atoms with E-state index in [1.807, 2.05) is 13.8 Å². The molecule has 0 bridgehead atoms. The summed E-state index contributed by atoms with van der Waals surface area (Å²) in [6.45, 7) is 9.11. The summed E-state index contributed by atoms with van der Waals surface area (Å²) in [6.07, 6.45) is -0.403. The molecule has 4 N–H and O–H groups in total. The Hall–Kier alpha value is -1.49. The van der Waals surface area contributed by atoms with Crippen LogP contribution in [-0.2, 0) is 0 Å². The monoisotopic (exact) mass is 267 g/mol. The van der Waals surface area contributed by atoms with E-state index in [-0.39, 0.29) is 5.92 Å². The molecule has 0 aliphatic carbocycles. The molecular formula is C14H25N3O2. The Morgan fingerprint density at radius 1 is 1.32 bits per heavy atom. The molecule has 0 aliphatic heterocycles. The van der Waals surface area contributed by atoms with Gasteiger partial charge in [0.1, 0.15) is 5.82 Å². The minimum absolute atomic E-state index is 0.206. The van der Waals surface area contributed by atoms with Crippen LogP contribution in [0, 0.1) is 11.8 Å². The highest BCUT2D eigenvalue weighted by molar-refractivity contribution is 5.53. The maximum Gasteiger partial charge on any atom is 0.239 e. The van der Waals surface area contributed by atoms with Gasteiger partial charge in [-0.1, -0.05) is 27.7 Å². The van der Waals surface area contributed by atoms with E-state index >= 15 is 0 Å². The summed E-state index contributed by atoms with van der Waals surface area (Å²) in [5, 5.41) is 12.8. The van der Waals surface area contributed by atoms with Crippen molar-refractivity contribution in [3.63, 3.8) is 0 Å². The van der Waals surface area contributed by atoms with Crippen LogP contribution in [0.2, 0.25) is 0 Å². The number of ether oxygens (including phenoxy) is 1. The normalized spacial score (nSPS) is 12.8. The number of aliphatic hydroxyl groups is 1. The van der Waals surface area contributed by atoms with Crippen molar-refractivity contribution in [2.45, 2.75) is 33.8 Å². The van der Waals surface area contributed by atoms with E-state index in [9.17, 15) is 5.11 Å². The molecule has 0 spiro atoms. The lowest BCUT2D eigenvalue weighted by Crippen LogP contribution is -2.25. The standard InChI is InChI=1S/C14H25N3O2/c1-9(2)8-19-14-11(15)5-6-13(17-14)16-7-12(18)10(3)4/h5-6,9-10,12,18H,7-8,15H2,1-4H3,(H,16,17). The summed E-state index contributed by atoms with van der Waals surface area (Å²) < 4.78 is 5.55. The summed E-state index contributed by atoms with van der Waals surface area (Å²) in [4.78, 5) is 4.31. The van der Waals surface area contributed by atoms with E-state index in [1.165, 1.54) is 0 Å². The second-order valence-corrected chi connectivity index (χ2v) is 5.49. The lowest BCUT2D eigenvalue weighted by atomic mass is 10.1. The van der Waals surface area contributed by atoms with Crippen LogP contribution < -0.4 is 15.8 Å². The van der Waals surface area contributed by atoms with Gasteiger partial charge in [0.05, 0.1) is 18.4 Å². The predicted octanol–water partition coefficient (Wildman–Crippen LogP) is 2.13. The third kappa shape index (κ3) is 5.34. The average molecular weight is 267 g/mol. The van der Waals surface area contributed by atoms with Crippen molar-refractivity contribution in [2.24, 2.45) is 11.8 Å². The predicted molar refractivity (Wildman–Crippen MR) is 78.3 cm³/mol. The molecule has 5 nitrogen and oxygen atoms in total. The Balaban J connectivity index is 2.62. The highest BCUT2D eigenvalue weighted by Crippen LogP contribution is 2.21. The highest BCUT2D eigenvalue weighted by atomic mass is 16.5. The Labute approximate surface area is 115 Å². The largest absolute Gasteiger partial charge is 0.476 e. The fourth-order valence-corrected chi connectivity index (χ4v) is 1.36. The minimum Gasteiger partial charge on any atom is -0.476 e. The van der Waals surface area contributed by atoms with Crippen LogP contribution in [0.1, 0.15) is 27.7 Å². The molecule has 1 rings (SSSR count). The number of rotatable bonds is 7. The van der Waals surface area contributed by atoms with Crippen molar-refractivity contribution in [1.29, 1.82) is 0 Å². The van der Waals surface area contributed by atoms with Crippen molar-refractivity contribution in [3.05, 3.63) is 12.1 Å². The van der Waals surface area contributed by atoms with Gasteiger partial charge in [0.2, 0.25) is 5.88 Å². The van der Waals surface area contributed by atoms with Gasteiger partial charge in [0.25, 0.3) is 0 Å². The third-order valence-electron chi connectivity index (χ3n) is 2.70. The lowest BCUT2D eigenvalue weighted by molar-refractivity contribution is 0.138. The molecule has 0 aliphatic rings. The van der Waals surface area contributed by atoms with Crippen molar-refractivity contribution in [2.75, 3.05) is 24.2 Å². The van der Waals surface area contributed by atoms with Crippen molar-refractivity contribution >= 4 is 11.5 Å². The van der Waals surface area contributed by atoms with Gasteiger partial charge in [0.15, 0.2) is 0 Å². The van der Waals surface area contributed by atoms with Gasteiger partial charge >= 0.3 is 0 Å². The van der Waals surface area contributed by atoms with Crippen LogP contribution in [0.3, 0.4) is 0 Å². The smallest absolute Gasteiger partial charge is 0.239 e. The topological polar surface area (TPSA) is 80.4 Å². The Kier molecular flexibility index (Phi) is 5.89. The molecule has 1 atom stereocenters. The summed E-state index contributed by atoms with van der Waals surface area (Å²) in [6, 6.07) is 3.54. The average Bonchev–Trinajstić information content (AvgIpc) is 2.35. The molecule has 0 saturated heterocycles. The number of nitrogen functional groups attached to an aromatic ring is 1. The van der Waals surface area contributed by atoms with Gasteiger partial charge in [-0.3, -0.25) is 0 Å². The maximum absolute atomic E-state index is 9.74. The van der Waals surface area contributed by atoms with Crippen molar-refractivity contribution < 1.29 is 9.84 Å². The van der Waals surface area contributed by atoms with E-state index < -0.39 is 6.10 Å². The number of nitrogens with two attached hydrogens (primary N) is 1. The molecule has 0 radical (unpaired) electrons. The van der Waals surface area contributed by atoms with Gasteiger partial charge in [-0.2, -0.15) is 4.98 Å². The second kappa shape index (κ2) is 7.19. The minimum atomic E-state index is -0.403. The number of hydrogen-bond donors (Lipinski definition) is 3. The van der Waals surface area contributed by atoms with Gasteiger partial charge in [-0.05, 0) is 24.0 Å². The summed E-state index contributed by atoms with van der Waals surface area (Å²) in [5.41, 5.74) is 6.34. The molecule has 5 heteroatoms. The van der Waals surface area contributed by atoms with Gasteiger partial charge in [-0.25, -0.2) is 0 Å². The first-order valence-electron chi connectivity index (χ1n) is 6.71. The molecular weight excluding hydrogens is 242 g/mol. The zero-order chi connectivity index (χ0) is 14.4. The van der Waals surface area contributed by atoms with Crippen LogP contribution in [0.15, 0.2) is 12.1 Å². The molecule has 0 saturated carbocycles. The third-order valence-corrected chi connectivity index (χ3v) is 2.70. The number of pyridine rings is 1. The molecule has 1 aromatic rings. The van der Waals surface area contributed by atoms with Crippen LogP contribution in [0.4, 0.5) is 11.5 Å². The van der Waals surface area contributed by atoms with Gasteiger partial charge < -0.3 is 20.9 Å². The van der Waals surface area contributed by atoms with Crippen LogP contribution in [-0.4, -0.2) is 29.3 Å². The first-order valence-corrected chi connectivity index (χ1v) is 6.71. The molecule has 19 heavy (non-hydrogen) atoms.